The number of hydrogen-bond donors (Lipinski definition) is 2. The van der Waals surface area contributed by atoms with Gasteiger partial charge in [0.15, 0.2) is 0 Å². The molecule has 7 heteroatoms. The Kier molecular flexibility index (Phi) is 6.72. The van der Waals surface area contributed by atoms with Gasteiger partial charge in [-0.25, -0.2) is 9.86 Å². The number of hydroxylamine groups is 2. The Labute approximate surface area is 170 Å². The predicted octanol–water partition coefficient (Wildman–Crippen LogP) is 2.77. The van der Waals surface area contributed by atoms with Crippen molar-refractivity contribution in [3.8, 4) is 5.75 Å². The number of aryl methyl sites for hydroxylation is 2. The first-order valence-corrected chi connectivity index (χ1v) is 9.80. The van der Waals surface area contributed by atoms with E-state index in [9.17, 15) is 14.8 Å². The number of nitrogens with two attached hydrogens (primary N) is 1. The molecule has 2 aromatic carbocycles. The van der Waals surface area contributed by atoms with E-state index in [4.69, 9.17) is 10.5 Å². The molecule has 1 aliphatic rings. The van der Waals surface area contributed by atoms with Crippen molar-refractivity contribution in [3.63, 3.8) is 0 Å². The summed E-state index contributed by atoms with van der Waals surface area (Å²) < 4.78 is 5.54. The highest BCUT2D eigenvalue weighted by molar-refractivity contribution is 5.96. The van der Waals surface area contributed by atoms with Crippen molar-refractivity contribution < 1.29 is 19.5 Å². The monoisotopic (exact) mass is 397 g/mol. The number of primary amides is 1. The molecule has 0 saturated heterocycles. The molecule has 0 aromatic heterocycles. The van der Waals surface area contributed by atoms with Crippen LogP contribution in [0.4, 0.5) is 4.79 Å². The van der Waals surface area contributed by atoms with E-state index in [1.165, 1.54) is 11.1 Å². The average molecular weight is 397 g/mol. The number of nitrogens with zero attached hydrogens (tertiary/aromatic N) is 2. The third-order valence-corrected chi connectivity index (χ3v) is 5.09. The lowest BCUT2D eigenvalue weighted by Crippen LogP contribution is -2.38. The summed E-state index contributed by atoms with van der Waals surface area (Å²) in [6.45, 7) is 3.59. The van der Waals surface area contributed by atoms with Crippen molar-refractivity contribution >= 4 is 11.9 Å². The van der Waals surface area contributed by atoms with Crippen molar-refractivity contribution in [2.24, 2.45) is 5.73 Å². The second-order valence-corrected chi connectivity index (χ2v) is 7.26. The molecule has 2 aromatic rings. The van der Waals surface area contributed by atoms with Crippen LogP contribution in [-0.4, -0.2) is 53.3 Å². The molecule has 7 nitrogen and oxygen atoms in total. The Hall–Kier alpha value is -3.06. The first-order valence-electron chi connectivity index (χ1n) is 9.80. The van der Waals surface area contributed by atoms with Crippen LogP contribution in [0.1, 0.15) is 33.5 Å². The maximum atomic E-state index is 12.8. The molecule has 154 valence electrons. The molecule has 0 saturated carbocycles. The molecule has 29 heavy (non-hydrogen) atoms. The summed E-state index contributed by atoms with van der Waals surface area (Å²) in [5.41, 5.74) is 9.16. The highest BCUT2D eigenvalue weighted by Crippen LogP contribution is 2.24. The quantitative estimate of drug-likeness (QED) is 0.529. The van der Waals surface area contributed by atoms with Gasteiger partial charge in [0.2, 0.25) is 0 Å². The Morgan fingerprint density at radius 2 is 2.00 bits per heavy atom. The smallest absolute Gasteiger partial charge is 0.338 e. The molecule has 1 aliphatic heterocycles. The topological polar surface area (TPSA) is 96.1 Å². The molecule has 3 amide bonds. The van der Waals surface area contributed by atoms with Gasteiger partial charge in [0.25, 0.3) is 5.91 Å². The van der Waals surface area contributed by atoms with Crippen LogP contribution >= 0.6 is 0 Å². The predicted molar refractivity (Wildman–Crippen MR) is 109 cm³/mol. The van der Waals surface area contributed by atoms with Crippen molar-refractivity contribution in [1.82, 2.24) is 9.96 Å². The second kappa shape index (κ2) is 9.43. The number of hydrogen-bond acceptors (Lipinski definition) is 4. The molecule has 0 unspecified atom stereocenters. The lowest BCUT2D eigenvalue weighted by atomic mass is 9.98. The SMILES string of the molecule is Cc1ccc(CCCN2CCc3cc(OCCN(O)C(N)=O)ccc3C2=O)cc1. The average Bonchev–Trinajstić information content (AvgIpc) is 2.71. The van der Waals surface area contributed by atoms with Gasteiger partial charge in [-0.2, -0.15) is 0 Å². The van der Waals surface area contributed by atoms with Crippen LogP contribution in [0.25, 0.3) is 0 Å². The van der Waals surface area contributed by atoms with E-state index < -0.39 is 6.03 Å². The fraction of sp³-hybridized carbons (Fsp3) is 0.364. The van der Waals surface area contributed by atoms with Gasteiger partial charge in [0, 0.05) is 18.7 Å². The Bertz CT molecular complexity index is 867. The molecule has 3 N–H and O–H groups in total. The summed E-state index contributed by atoms with van der Waals surface area (Å²) in [5.74, 6) is 0.652. The van der Waals surface area contributed by atoms with Crippen LogP contribution in [-0.2, 0) is 12.8 Å². The molecule has 0 radical (unpaired) electrons. The van der Waals surface area contributed by atoms with Crippen molar-refractivity contribution in [2.75, 3.05) is 26.2 Å². The zero-order chi connectivity index (χ0) is 20.8. The zero-order valence-corrected chi connectivity index (χ0v) is 16.6. The van der Waals surface area contributed by atoms with Gasteiger partial charge in [0.1, 0.15) is 12.4 Å². The highest BCUT2D eigenvalue weighted by atomic mass is 16.5. The normalized spacial score (nSPS) is 13.2. The maximum absolute atomic E-state index is 12.8. The number of benzene rings is 2. The maximum Gasteiger partial charge on any atom is 0.338 e. The first kappa shape index (κ1) is 20.7. The van der Waals surface area contributed by atoms with E-state index in [2.05, 4.69) is 31.2 Å². The summed E-state index contributed by atoms with van der Waals surface area (Å²) in [6, 6.07) is 13.0. The molecular formula is C22H27N3O4. The molecule has 3 rings (SSSR count). The van der Waals surface area contributed by atoms with Crippen LogP contribution in [0.15, 0.2) is 42.5 Å². The van der Waals surface area contributed by atoms with Gasteiger partial charge < -0.3 is 15.4 Å². The van der Waals surface area contributed by atoms with Crippen LogP contribution in [0, 0.1) is 6.92 Å². The number of rotatable bonds is 8. The van der Waals surface area contributed by atoms with Crippen LogP contribution < -0.4 is 10.5 Å². The third kappa shape index (κ3) is 5.48. The number of carbonyl (C=O) groups excluding carboxylic acids is 2. The Morgan fingerprint density at radius 3 is 2.72 bits per heavy atom. The Morgan fingerprint density at radius 1 is 1.24 bits per heavy atom. The van der Waals surface area contributed by atoms with E-state index in [1.54, 1.807) is 12.1 Å². The van der Waals surface area contributed by atoms with Gasteiger partial charge in [-0.1, -0.05) is 29.8 Å². The molecule has 0 atom stereocenters. The summed E-state index contributed by atoms with van der Waals surface area (Å²) in [5, 5.41) is 9.64. The van der Waals surface area contributed by atoms with Gasteiger partial charge in [-0.05, 0) is 55.5 Å². The van der Waals surface area contributed by atoms with Crippen molar-refractivity contribution in [3.05, 3.63) is 64.7 Å². The van der Waals surface area contributed by atoms with E-state index in [0.717, 1.165) is 31.4 Å². The standard InChI is InChI=1S/C22H27N3O4/c1-16-4-6-17(7-5-16)3-2-11-24-12-10-18-15-19(8-9-20(18)21(24)26)29-14-13-25(28)22(23)27/h4-9,15,28H,2-3,10-14H2,1H3,(H2,23,27). The fourth-order valence-electron chi connectivity index (χ4n) is 3.40. The van der Waals surface area contributed by atoms with Gasteiger partial charge in [-0.15, -0.1) is 0 Å². The third-order valence-electron chi connectivity index (χ3n) is 5.09. The first-order chi connectivity index (χ1) is 13.9. The van der Waals surface area contributed by atoms with Crippen molar-refractivity contribution in [1.29, 1.82) is 0 Å². The second-order valence-electron chi connectivity index (χ2n) is 7.26. The number of ether oxygens (including phenoxy) is 1. The molecule has 0 spiro atoms. The molecule has 0 fully saturated rings. The van der Waals surface area contributed by atoms with E-state index in [0.29, 0.717) is 22.9 Å². The molecule has 1 heterocycles. The lowest BCUT2D eigenvalue weighted by molar-refractivity contribution is -0.0464. The van der Waals surface area contributed by atoms with Crippen LogP contribution in [0.2, 0.25) is 0 Å². The minimum Gasteiger partial charge on any atom is -0.492 e. The molecule has 0 bridgehead atoms. The van der Waals surface area contributed by atoms with Crippen LogP contribution in [0.5, 0.6) is 5.75 Å². The summed E-state index contributed by atoms with van der Waals surface area (Å²) in [4.78, 5) is 25.5. The van der Waals surface area contributed by atoms with E-state index >= 15 is 0 Å². The Balaban J connectivity index is 1.51. The number of fused-ring (bicyclic) bond motifs is 1. The van der Waals surface area contributed by atoms with Crippen LogP contribution in [0.3, 0.4) is 0 Å². The number of amides is 3. The summed E-state index contributed by atoms with van der Waals surface area (Å²) >= 11 is 0. The summed E-state index contributed by atoms with van der Waals surface area (Å²) in [6.07, 6.45) is 2.66. The zero-order valence-electron chi connectivity index (χ0n) is 16.6. The van der Waals surface area contributed by atoms with Crippen molar-refractivity contribution in [2.45, 2.75) is 26.2 Å². The lowest BCUT2D eigenvalue weighted by Gasteiger charge is -2.29. The minimum absolute atomic E-state index is 0.0277. The van der Waals surface area contributed by atoms with Gasteiger partial charge >= 0.3 is 6.03 Å². The van der Waals surface area contributed by atoms with E-state index in [1.807, 2.05) is 11.0 Å². The minimum atomic E-state index is -0.924. The largest absolute Gasteiger partial charge is 0.492 e. The van der Waals surface area contributed by atoms with Gasteiger partial charge in [0.05, 0.1) is 6.54 Å². The molecule has 0 aliphatic carbocycles. The highest BCUT2D eigenvalue weighted by Gasteiger charge is 2.24. The summed E-state index contributed by atoms with van der Waals surface area (Å²) in [7, 11) is 0. The van der Waals surface area contributed by atoms with E-state index in [-0.39, 0.29) is 19.1 Å². The fourth-order valence-corrected chi connectivity index (χ4v) is 3.40. The van der Waals surface area contributed by atoms with Gasteiger partial charge in [-0.3, -0.25) is 10.0 Å². The number of carbonyl (C=O) groups is 2. The molecular weight excluding hydrogens is 370 g/mol. The number of urea groups is 1.